The summed E-state index contributed by atoms with van der Waals surface area (Å²) < 4.78 is 27.8. The Balaban J connectivity index is 1.89. The van der Waals surface area contributed by atoms with Crippen LogP contribution < -0.4 is 9.21 Å². The molecule has 0 bridgehead atoms. The van der Waals surface area contributed by atoms with E-state index in [0.717, 1.165) is 19.6 Å². The Morgan fingerprint density at radius 3 is 2.26 bits per heavy atom. The number of hydrogen-bond acceptors (Lipinski definition) is 6. The molecule has 8 nitrogen and oxygen atoms in total. The van der Waals surface area contributed by atoms with Gasteiger partial charge in [-0.3, -0.25) is 19.3 Å². The van der Waals surface area contributed by atoms with Crippen molar-refractivity contribution in [3.63, 3.8) is 0 Å². The summed E-state index contributed by atoms with van der Waals surface area (Å²) in [6.07, 6.45) is 0. The van der Waals surface area contributed by atoms with Gasteiger partial charge in [-0.05, 0) is 37.1 Å². The van der Waals surface area contributed by atoms with Crippen molar-refractivity contribution in [2.75, 3.05) is 48.5 Å². The molecule has 2 aromatic rings. The Bertz CT molecular complexity index is 1000. The number of sulfonamides is 1. The molecule has 1 saturated heterocycles. The van der Waals surface area contributed by atoms with E-state index in [2.05, 4.69) is 18.7 Å². The Kier molecular flexibility index (Phi) is 7.17. The minimum Gasteiger partial charge on any atom is -0.363 e. The zero-order chi connectivity index (χ0) is 22.6. The summed E-state index contributed by atoms with van der Waals surface area (Å²) in [5.41, 5.74) is 0.816. The molecule has 168 valence electrons. The highest BCUT2D eigenvalue weighted by Crippen LogP contribution is 2.33. The normalized spacial score (nSPS) is 15.3. The van der Waals surface area contributed by atoms with Crippen LogP contribution in [0.4, 0.5) is 17.1 Å². The van der Waals surface area contributed by atoms with E-state index >= 15 is 0 Å². The van der Waals surface area contributed by atoms with E-state index in [0.29, 0.717) is 30.4 Å². The summed E-state index contributed by atoms with van der Waals surface area (Å²) in [7, 11) is -3.93. The smallest absolute Gasteiger partial charge is 0.293 e. The largest absolute Gasteiger partial charge is 0.363 e. The molecule has 31 heavy (non-hydrogen) atoms. The maximum absolute atomic E-state index is 13.3. The van der Waals surface area contributed by atoms with E-state index in [1.807, 2.05) is 11.0 Å². The maximum Gasteiger partial charge on any atom is 0.293 e. The average Bonchev–Trinajstić information content (AvgIpc) is 2.74. The first-order valence-electron chi connectivity index (χ1n) is 10.6. The minimum atomic E-state index is -3.93. The summed E-state index contributed by atoms with van der Waals surface area (Å²) in [6, 6.07) is 13.0. The number of nitro benzene ring substituents is 1. The topological polar surface area (TPSA) is 87.0 Å². The van der Waals surface area contributed by atoms with E-state index in [1.165, 1.54) is 16.4 Å². The van der Waals surface area contributed by atoms with Crippen molar-refractivity contribution in [3.8, 4) is 0 Å². The second kappa shape index (κ2) is 9.65. The average molecular weight is 447 g/mol. The number of anilines is 2. The lowest BCUT2D eigenvalue weighted by Crippen LogP contribution is -2.47. The molecule has 1 fully saturated rings. The molecule has 0 saturated carbocycles. The van der Waals surface area contributed by atoms with Crippen LogP contribution in [0.2, 0.25) is 0 Å². The lowest BCUT2D eigenvalue weighted by molar-refractivity contribution is -0.384. The molecule has 0 N–H and O–H groups in total. The molecule has 3 rings (SSSR count). The predicted molar refractivity (Wildman–Crippen MR) is 123 cm³/mol. The third-order valence-electron chi connectivity index (χ3n) is 5.40. The van der Waals surface area contributed by atoms with Crippen LogP contribution in [0.5, 0.6) is 0 Å². The van der Waals surface area contributed by atoms with Crippen molar-refractivity contribution in [3.05, 3.63) is 58.6 Å². The molecule has 0 unspecified atom stereocenters. The van der Waals surface area contributed by atoms with Gasteiger partial charge in [-0.25, -0.2) is 8.42 Å². The van der Waals surface area contributed by atoms with Crippen LogP contribution in [0, 0.1) is 16.0 Å². The molecule has 0 aromatic heterocycles. The first kappa shape index (κ1) is 23.0. The van der Waals surface area contributed by atoms with Gasteiger partial charge in [0.1, 0.15) is 5.69 Å². The molecule has 1 heterocycles. The van der Waals surface area contributed by atoms with Crippen LogP contribution in [-0.2, 0) is 10.0 Å². The second-order valence-corrected chi connectivity index (χ2v) is 9.96. The first-order chi connectivity index (χ1) is 14.7. The Morgan fingerprint density at radius 1 is 1.06 bits per heavy atom. The standard InChI is InChI=1S/C22H30N4O4S/c1-4-25(19-8-6-5-7-9-19)31(29,30)20-10-11-21(22(16-20)26(27)28)24-14-12-23(13-15-24)17-18(2)3/h5-11,16,18H,4,12-15,17H2,1-3H3. The molecule has 0 radical (unpaired) electrons. The SMILES string of the molecule is CCN(c1ccccc1)S(=O)(=O)c1ccc(N2CCN(CC(C)C)CC2)c([N+](=O)[O-])c1. The van der Waals surface area contributed by atoms with Crippen LogP contribution >= 0.6 is 0 Å². The fourth-order valence-corrected chi connectivity index (χ4v) is 5.47. The van der Waals surface area contributed by atoms with Gasteiger partial charge in [0.15, 0.2) is 0 Å². The maximum atomic E-state index is 13.3. The fourth-order valence-electron chi connectivity index (χ4n) is 3.98. The van der Waals surface area contributed by atoms with Gasteiger partial charge in [0.25, 0.3) is 15.7 Å². The number of rotatable bonds is 8. The van der Waals surface area contributed by atoms with Crippen molar-refractivity contribution < 1.29 is 13.3 Å². The van der Waals surface area contributed by atoms with E-state index in [9.17, 15) is 18.5 Å². The Labute approximate surface area is 184 Å². The monoisotopic (exact) mass is 446 g/mol. The van der Waals surface area contributed by atoms with Crippen LogP contribution in [0.1, 0.15) is 20.8 Å². The highest BCUT2D eigenvalue weighted by atomic mass is 32.2. The Hall–Kier alpha value is -2.65. The molecule has 0 aliphatic carbocycles. The van der Waals surface area contributed by atoms with Gasteiger partial charge in [0, 0.05) is 45.3 Å². The van der Waals surface area contributed by atoms with E-state index < -0.39 is 14.9 Å². The Morgan fingerprint density at radius 2 is 1.71 bits per heavy atom. The van der Waals surface area contributed by atoms with Crippen LogP contribution in [0.25, 0.3) is 0 Å². The molecule has 1 aliphatic heterocycles. The summed E-state index contributed by atoms with van der Waals surface area (Å²) in [5.74, 6) is 0.566. The number of nitro groups is 1. The fraction of sp³-hybridized carbons (Fsp3) is 0.455. The number of nitrogens with zero attached hydrogens (tertiary/aromatic N) is 4. The molecule has 9 heteroatoms. The number of benzene rings is 2. The first-order valence-corrected chi connectivity index (χ1v) is 12.0. The highest BCUT2D eigenvalue weighted by molar-refractivity contribution is 7.92. The number of hydrogen-bond donors (Lipinski definition) is 0. The third-order valence-corrected chi connectivity index (χ3v) is 7.30. The summed E-state index contributed by atoms with van der Waals surface area (Å²) in [6.45, 7) is 10.3. The highest BCUT2D eigenvalue weighted by Gasteiger charge is 2.29. The van der Waals surface area contributed by atoms with Crippen molar-refractivity contribution in [2.24, 2.45) is 5.92 Å². The molecule has 1 aliphatic rings. The molecular formula is C22H30N4O4S. The molecular weight excluding hydrogens is 416 g/mol. The van der Waals surface area contributed by atoms with E-state index in [4.69, 9.17) is 0 Å². The predicted octanol–water partition coefficient (Wildman–Crippen LogP) is 3.59. The van der Waals surface area contributed by atoms with Gasteiger partial charge in [-0.2, -0.15) is 0 Å². The van der Waals surface area contributed by atoms with E-state index in [1.54, 1.807) is 37.3 Å². The van der Waals surface area contributed by atoms with Gasteiger partial charge >= 0.3 is 0 Å². The van der Waals surface area contributed by atoms with Crippen LogP contribution in [0.15, 0.2) is 53.4 Å². The molecule has 0 atom stereocenters. The summed E-state index contributed by atoms with van der Waals surface area (Å²) in [5, 5.41) is 11.8. The van der Waals surface area contributed by atoms with E-state index in [-0.39, 0.29) is 17.1 Å². The van der Waals surface area contributed by atoms with Crippen molar-refractivity contribution >= 4 is 27.1 Å². The molecule has 0 spiro atoms. The second-order valence-electron chi connectivity index (χ2n) is 8.09. The van der Waals surface area contributed by atoms with Gasteiger partial charge in [0.05, 0.1) is 15.5 Å². The number of piperazine rings is 1. The third kappa shape index (κ3) is 5.16. The minimum absolute atomic E-state index is 0.0768. The van der Waals surface area contributed by atoms with Crippen LogP contribution in [0.3, 0.4) is 0 Å². The summed E-state index contributed by atoms with van der Waals surface area (Å²) >= 11 is 0. The van der Waals surface area contributed by atoms with Crippen molar-refractivity contribution in [2.45, 2.75) is 25.7 Å². The van der Waals surface area contributed by atoms with Gasteiger partial charge in [0.2, 0.25) is 0 Å². The van der Waals surface area contributed by atoms with Gasteiger partial charge < -0.3 is 4.90 Å². The molecule has 2 aromatic carbocycles. The summed E-state index contributed by atoms with van der Waals surface area (Å²) in [4.78, 5) is 15.6. The van der Waals surface area contributed by atoms with Gasteiger partial charge in [-0.15, -0.1) is 0 Å². The van der Waals surface area contributed by atoms with Crippen molar-refractivity contribution in [1.29, 1.82) is 0 Å². The zero-order valence-electron chi connectivity index (χ0n) is 18.3. The van der Waals surface area contributed by atoms with Crippen LogP contribution in [-0.4, -0.2) is 57.5 Å². The lowest BCUT2D eigenvalue weighted by atomic mass is 10.1. The van der Waals surface area contributed by atoms with Crippen molar-refractivity contribution in [1.82, 2.24) is 4.90 Å². The molecule has 0 amide bonds. The number of para-hydroxylation sites is 1. The zero-order valence-corrected chi connectivity index (χ0v) is 19.1. The lowest BCUT2D eigenvalue weighted by Gasteiger charge is -2.36. The quantitative estimate of drug-likeness (QED) is 0.455. The van der Waals surface area contributed by atoms with Gasteiger partial charge in [-0.1, -0.05) is 32.0 Å².